The van der Waals surface area contributed by atoms with Crippen molar-refractivity contribution in [2.75, 3.05) is 11.4 Å². The van der Waals surface area contributed by atoms with Gasteiger partial charge in [0.2, 0.25) is 0 Å². The van der Waals surface area contributed by atoms with Crippen LogP contribution in [-0.4, -0.2) is 29.6 Å². The number of carbonyl (C=O) groups is 2. The molecule has 0 aliphatic heterocycles. The van der Waals surface area contributed by atoms with Crippen LogP contribution in [0.2, 0.25) is 0 Å². The summed E-state index contributed by atoms with van der Waals surface area (Å²) in [5.74, 6) is -1.73. The Morgan fingerprint density at radius 1 is 1.37 bits per heavy atom. The van der Waals surface area contributed by atoms with Crippen LogP contribution < -0.4 is 10.6 Å². The lowest BCUT2D eigenvalue weighted by atomic mass is 10.2. The van der Waals surface area contributed by atoms with Crippen LogP contribution in [0.1, 0.15) is 19.8 Å². The van der Waals surface area contributed by atoms with Crippen LogP contribution in [0, 0.1) is 0 Å². The molecule has 0 fully saturated rings. The summed E-state index contributed by atoms with van der Waals surface area (Å²) in [6.07, 6.45) is 0.710. The van der Waals surface area contributed by atoms with Gasteiger partial charge in [-0.1, -0.05) is 15.9 Å². The van der Waals surface area contributed by atoms with Crippen LogP contribution in [0.4, 0.5) is 5.69 Å². The second kappa shape index (κ2) is 7.25. The highest BCUT2D eigenvalue weighted by Gasteiger charge is 2.20. The molecule has 3 N–H and O–H groups in total. The smallest absolute Gasteiger partial charge is 0.316 e. The second-order valence-electron chi connectivity index (χ2n) is 4.29. The summed E-state index contributed by atoms with van der Waals surface area (Å²) in [6, 6.07) is 7.02. The number of amides is 2. The van der Waals surface area contributed by atoms with Crippen molar-refractivity contribution >= 4 is 33.4 Å². The lowest BCUT2D eigenvalue weighted by molar-refractivity contribution is -0.135. The number of anilines is 1. The topological polar surface area (TPSA) is 83.6 Å². The second-order valence-corrected chi connectivity index (χ2v) is 5.20. The molecule has 0 radical (unpaired) electrons. The van der Waals surface area contributed by atoms with Crippen molar-refractivity contribution in [3.8, 4) is 0 Å². The van der Waals surface area contributed by atoms with E-state index in [1.165, 1.54) is 4.90 Å². The zero-order valence-corrected chi connectivity index (χ0v) is 12.3. The van der Waals surface area contributed by atoms with Crippen LogP contribution in [-0.2, 0) is 9.59 Å². The molecule has 0 saturated heterocycles. The van der Waals surface area contributed by atoms with Crippen molar-refractivity contribution in [3.63, 3.8) is 0 Å². The first kappa shape index (κ1) is 15.7. The summed E-state index contributed by atoms with van der Waals surface area (Å²) in [7, 11) is 0. The molecule has 104 valence electrons. The zero-order chi connectivity index (χ0) is 14.4. The molecule has 1 aromatic carbocycles. The molecule has 19 heavy (non-hydrogen) atoms. The molecule has 6 heteroatoms. The monoisotopic (exact) mass is 328 g/mol. The van der Waals surface area contributed by atoms with Crippen LogP contribution in [0.25, 0.3) is 0 Å². The Labute approximate surface area is 120 Å². The van der Waals surface area contributed by atoms with Gasteiger partial charge >= 0.3 is 11.8 Å². The number of hydrogen-bond donors (Lipinski definition) is 2. The number of hydrogen-bond acceptors (Lipinski definition) is 3. The van der Waals surface area contributed by atoms with Crippen molar-refractivity contribution in [3.05, 3.63) is 28.7 Å². The number of primary amides is 1. The van der Waals surface area contributed by atoms with E-state index in [0.717, 1.165) is 4.47 Å². The number of carbonyl (C=O) groups excluding carboxylic acids is 2. The Morgan fingerprint density at radius 3 is 2.42 bits per heavy atom. The van der Waals surface area contributed by atoms with Gasteiger partial charge in [0.15, 0.2) is 0 Å². The van der Waals surface area contributed by atoms with Crippen molar-refractivity contribution in [1.82, 2.24) is 0 Å². The first-order valence-electron chi connectivity index (χ1n) is 5.96. The third kappa shape index (κ3) is 5.00. The number of aliphatic hydroxyl groups is 1. The number of halogens is 1. The molecule has 1 unspecified atom stereocenters. The molecular formula is C13H17BrN2O3. The predicted octanol–water partition coefficient (Wildman–Crippen LogP) is 1.43. The van der Waals surface area contributed by atoms with Gasteiger partial charge in [0, 0.05) is 16.7 Å². The van der Waals surface area contributed by atoms with Gasteiger partial charge in [-0.3, -0.25) is 9.59 Å². The standard InChI is InChI=1S/C13H17BrN2O3/c1-9(17)3-2-8-16(13(19)12(15)18)11-6-4-10(14)5-7-11/h4-7,9,17H,2-3,8H2,1H3,(H2,15,18). The van der Waals surface area contributed by atoms with E-state index in [4.69, 9.17) is 5.73 Å². The Kier molecular flexibility index (Phi) is 5.98. The molecule has 0 spiro atoms. The molecule has 0 aliphatic carbocycles. The van der Waals surface area contributed by atoms with E-state index < -0.39 is 17.9 Å². The SMILES string of the molecule is CC(O)CCCN(C(=O)C(N)=O)c1ccc(Br)cc1. The lowest BCUT2D eigenvalue weighted by Crippen LogP contribution is -2.41. The molecule has 1 aromatic rings. The Balaban J connectivity index is 2.83. The van der Waals surface area contributed by atoms with Crippen LogP contribution in [0.15, 0.2) is 28.7 Å². The van der Waals surface area contributed by atoms with Crippen LogP contribution in [0.3, 0.4) is 0 Å². The van der Waals surface area contributed by atoms with E-state index in [1.807, 2.05) is 0 Å². The number of nitrogens with zero attached hydrogens (tertiary/aromatic N) is 1. The van der Waals surface area contributed by atoms with Gasteiger partial charge in [-0.25, -0.2) is 0 Å². The first-order valence-corrected chi connectivity index (χ1v) is 6.76. The largest absolute Gasteiger partial charge is 0.393 e. The minimum Gasteiger partial charge on any atom is -0.393 e. The molecule has 0 aromatic heterocycles. The molecule has 0 heterocycles. The van der Waals surface area contributed by atoms with E-state index in [0.29, 0.717) is 25.1 Å². The fraction of sp³-hybridized carbons (Fsp3) is 0.385. The summed E-state index contributed by atoms with van der Waals surface area (Å²) in [5.41, 5.74) is 5.66. The summed E-state index contributed by atoms with van der Waals surface area (Å²) in [5, 5.41) is 9.22. The average Bonchev–Trinajstić information content (AvgIpc) is 2.35. The number of aliphatic hydroxyl groups excluding tert-OH is 1. The minimum absolute atomic E-state index is 0.342. The van der Waals surface area contributed by atoms with E-state index in [2.05, 4.69) is 15.9 Å². The molecule has 0 bridgehead atoms. The maximum Gasteiger partial charge on any atom is 0.316 e. The van der Waals surface area contributed by atoms with E-state index in [1.54, 1.807) is 31.2 Å². The Morgan fingerprint density at radius 2 is 1.95 bits per heavy atom. The van der Waals surface area contributed by atoms with E-state index >= 15 is 0 Å². The molecule has 1 atom stereocenters. The molecule has 0 aliphatic rings. The Hall–Kier alpha value is -1.40. The number of nitrogens with two attached hydrogens (primary N) is 1. The predicted molar refractivity (Wildman–Crippen MR) is 76.6 cm³/mol. The van der Waals surface area contributed by atoms with Gasteiger partial charge in [0.25, 0.3) is 0 Å². The molecule has 2 amide bonds. The Bertz CT molecular complexity index is 446. The van der Waals surface area contributed by atoms with Gasteiger partial charge in [-0.2, -0.15) is 0 Å². The zero-order valence-electron chi connectivity index (χ0n) is 10.7. The van der Waals surface area contributed by atoms with E-state index in [9.17, 15) is 14.7 Å². The van der Waals surface area contributed by atoms with Crippen molar-refractivity contribution < 1.29 is 14.7 Å². The van der Waals surface area contributed by atoms with Crippen molar-refractivity contribution in [2.45, 2.75) is 25.9 Å². The van der Waals surface area contributed by atoms with Gasteiger partial charge in [-0.05, 0) is 44.0 Å². The molecule has 1 rings (SSSR count). The number of rotatable bonds is 5. The normalized spacial score (nSPS) is 11.9. The van der Waals surface area contributed by atoms with Crippen molar-refractivity contribution in [2.24, 2.45) is 5.73 Å². The van der Waals surface area contributed by atoms with Gasteiger partial charge in [-0.15, -0.1) is 0 Å². The quantitative estimate of drug-likeness (QED) is 0.802. The summed E-state index contributed by atoms with van der Waals surface area (Å²) in [4.78, 5) is 24.2. The fourth-order valence-corrected chi connectivity index (χ4v) is 1.91. The molecular weight excluding hydrogens is 312 g/mol. The average molecular weight is 329 g/mol. The highest BCUT2D eigenvalue weighted by atomic mass is 79.9. The highest BCUT2D eigenvalue weighted by Crippen LogP contribution is 2.19. The molecule has 5 nitrogen and oxygen atoms in total. The third-order valence-electron chi connectivity index (χ3n) is 2.60. The van der Waals surface area contributed by atoms with Gasteiger partial charge in [0.1, 0.15) is 0 Å². The highest BCUT2D eigenvalue weighted by molar-refractivity contribution is 9.10. The summed E-state index contributed by atoms with van der Waals surface area (Å²) < 4.78 is 0.881. The fourth-order valence-electron chi connectivity index (χ4n) is 1.65. The van der Waals surface area contributed by atoms with Gasteiger partial charge < -0.3 is 15.7 Å². The van der Waals surface area contributed by atoms with Crippen molar-refractivity contribution in [1.29, 1.82) is 0 Å². The van der Waals surface area contributed by atoms with E-state index in [-0.39, 0.29) is 0 Å². The summed E-state index contributed by atoms with van der Waals surface area (Å²) in [6.45, 7) is 2.02. The van der Waals surface area contributed by atoms with Gasteiger partial charge in [0.05, 0.1) is 6.10 Å². The first-order chi connectivity index (χ1) is 8.91. The minimum atomic E-state index is -0.986. The maximum absolute atomic E-state index is 11.8. The lowest BCUT2D eigenvalue weighted by Gasteiger charge is -2.21. The van der Waals surface area contributed by atoms with Crippen LogP contribution >= 0.6 is 15.9 Å². The maximum atomic E-state index is 11.8. The number of benzene rings is 1. The molecule has 0 saturated carbocycles. The third-order valence-corrected chi connectivity index (χ3v) is 3.13. The van der Waals surface area contributed by atoms with Crippen LogP contribution in [0.5, 0.6) is 0 Å². The summed E-state index contributed by atoms with van der Waals surface area (Å²) >= 11 is 3.30.